The van der Waals surface area contributed by atoms with Gasteiger partial charge < -0.3 is 15.2 Å². The van der Waals surface area contributed by atoms with Crippen molar-refractivity contribution in [1.82, 2.24) is 0 Å². The summed E-state index contributed by atoms with van der Waals surface area (Å²) in [5.74, 6) is 5.96. The molecule has 0 bridgehead atoms. The Morgan fingerprint density at radius 2 is 2.19 bits per heavy atom. The normalized spacial score (nSPS) is 15.1. The number of amides is 1. The largest absolute Gasteiger partial charge is 0.395 e. The number of aryl methyl sites for hydroxylation is 1. The van der Waals surface area contributed by atoms with Crippen LogP contribution >= 0.6 is 0 Å². The number of hydrogen-bond acceptors (Lipinski definition) is 3. The second kappa shape index (κ2) is 7.82. The van der Waals surface area contributed by atoms with Gasteiger partial charge in [0.1, 0.15) is 0 Å². The molecule has 1 amide bonds. The molecule has 21 heavy (non-hydrogen) atoms. The molecule has 1 aromatic carbocycles. The van der Waals surface area contributed by atoms with Crippen LogP contribution < -0.4 is 5.32 Å². The third-order valence-corrected chi connectivity index (χ3v) is 3.56. The topological polar surface area (TPSA) is 58.6 Å². The molecule has 1 fully saturated rings. The van der Waals surface area contributed by atoms with E-state index in [1.807, 2.05) is 25.1 Å². The van der Waals surface area contributed by atoms with Crippen LogP contribution in [0.15, 0.2) is 18.2 Å². The monoisotopic (exact) mass is 287 g/mol. The minimum atomic E-state index is 0.0299. The lowest BCUT2D eigenvalue weighted by Crippen LogP contribution is -2.28. The van der Waals surface area contributed by atoms with E-state index in [1.54, 1.807) is 0 Å². The molecule has 1 heterocycles. The lowest BCUT2D eigenvalue weighted by Gasteiger charge is -2.21. The van der Waals surface area contributed by atoms with Gasteiger partial charge in [0.25, 0.3) is 0 Å². The number of carbonyl (C=O) groups excluding carboxylic acids is 1. The molecular weight excluding hydrogens is 266 g/mol. The molecule has 0 saturated carbocycles. The summed E-state index contributed by atoms with van der Waals surface area (Å²) in [5.41, 5.74) is 2.67. The van der Waals surface area contributed by atoms with Gasteiger partial charge in [-0.05, 0) is 37.5 Å². The van der Waals surface area contributed by atoms with Crippen LogP contribution in [0.2, 0.25) is 0 Å². The molecule has 0 unspecified atom stereocenters. The third-order valence-electron chi connectivity index (χ3n) is 3.56. The molecule has 1 aliphatic heterocycles. The molecule has 0 atom stereocenters. The van der Waals surface area contributed by atoms with Gasteiger partial charge in [0.05, 0.1) is 6.61 Å². The average molecular weight is 287 g/mol. The second-order valence-electron chi connectivity index (χ2n) is 5.18. The SMILES string of the molecule is Cc1ccc(C#CCCO)cc1NC(=O)C1CCOCC1. The number of aliphatic hydroxyl groups excluding tert-OH is 1. The fourth-order valence-electron chi connectivity index (χ4n) is 2.25. The van der Waals surface area contributed by atoms with Gasteiger partial charge in [-0.2, -0.15) is 0 Å². The predicted octanol–water partition coefficient (Wildman–Crippen LogP) is 2.09. The predicted molar refractivity (Wildman–Crippen MR) is 81.9 cm³/mol. The molecule has 2 rings (SSSR count). The van der Waals surface area contributed by atoms with Crippen molar-refractivity contribution in [2.75, 3.05) is 25.1 Å². The zero-order valence-electron chi connectivity index (χ0n) is 12.3. The van der Waals surface area contributed by atoms with Crippen LogP contribution in [0.4, 0.5) is 5.69 Å². The summed E-state index contributed by atoms with van der Waals surface area (Å²) in [5, 5.41) is 11.7. The van der Waals surface area contributed by atoms with Gasteiger partial charge >= 0.3 is 0 Å². The Hall–Kier alpha value is -1.83. The molecule has 1 aliphatic rings. The fraction of sp³-hybridized carbons (Fsp3) is 0.471. The van der Waals surface area contributed by atoms with Crippen molar-refractivity contribution in [2.45, 2.75) is 26.2 Å². The van der Waals surface area contributed by atoms with Crippen LogP contribution in [0, 0.1) is 24.7 Å². The van der Waals surface area contributed by atoms with Gasteiger partial charge in [-0.3, -0.25) is 4.79 Å². The molecule has 4 heteroatoms. The summed E-state index contributed by atoms with van der Waals surface area (Å²) < 4.78 is 5.28. The Labute approximate surface area is 125 Å². The Morgan fingerprint density at radius 1 is 1.43 bits per heavy atom. The van der Waals surface area contributed by atoms with Crippen molar-refractivity contribution in [3.8, 4) is 11.8 Å². The molecule has 0 spiro atoms. The summed E-state index contributed by atoms with van der Waals surface area (Å²) in [7, 11) is 0. The Bertz CT molecular complexity index is 551. The highest BCUT2D eigenvalue weighted by molar-refractivity contribution is 5.93. The zero-order chi connectivity index (χ0) is 15.1. The van der Waals surface area contributed by atoms with Crippen molar-refractivity contribution in [3.05, 3.63) is 29.3 Å². The van der Waals surface area contributed by atoms with Gasteiger partial charge in [-0.25, -0.2) is 0 Å². The maximum atomic E-state index is 12.3. The van der Waals surface area contributed by atoms with E-state index in [1.165, 1.54) is 0 Å². The van der Waals surface area contributed by atoms with Gasteiger partial charge in [-0.1, -0.05) is 17.9 Å². The number of aliphatic hydroxyl groups is 1. The minimum absolute atomic E-state index is 0.0299. The lowest BCUT2D eigenvalue weighted by atomic mass is 9.99. The summed E-state index contributed by atoms with van der Waals surface area (Å²) in [6, 6.07) is 5.75. The van der Waals surface area contributed by atoms with Gasteiger partial charge in [-0.15, -0.1) is 0 Å². The molecule has 1 aromatic rings. The molecule has 1 saturated heterocycles. The zero-order valence-corrected chi connectivity index (χ0v) is 12.3. The highest BCUT2D eigenvalue weighted by atomic mass is 16.5. The first-order valence-electron chi connectivity index (χ1n) is 7.29. The van der Waals surface area contributed by atoms with E-state index in [9.17, 15) is 4.79 Å². The fourth-order valence-corrected chi connectivity index (χ4v) is 2.25. The van der Waals surface area contributed by atoms with Crippen molar-refractivity contribution >= 4 is 11.6 Å². The van der Waals surface area contributed by atoms with E-state index in [0.29, 0.717) is 19.6 Å². The minimum Gasteiger partial charge on any atom is -0.395 e. The van der Waals surface area contributed by atoms with Crippen LogP contribution in [-0.2, 0) is 9.53 Å². The average Bonchev–Trinajstić information content (AvgIpc) is 2.51. The number of anilines is 1. The number of hydrogen-bond donors (Lipinski definition) is 2. The van der Waals surface area contributed by atoms with Gasteiger partial charge in [0, 0.05) is 36.8 Å². The number of benzene rings is 1. The molecule has 4 nitrogen and oxygen atoms in total. The number of carbonyl (C=O) groups is 1. The quantitative estimate of drug-likeness (QED) is 0.837. The standard InChI is InChI=1S/C17H21NO3/c1-13-5-6-14(4-2-3-9-19)12-16(13)18-17(20)15-7-10-21-11-8-15/h5-6,12,15,19H,3,7-11H2,1H3,(H,18,20). The Morgan fingerprint density at radius 3 is 2.90 bits per heavy atom. The van der Waals surface area contributed by atoms with Crippen LogP contribution in [0.3, 0.4) is 0 Å². The van der Waals surface area contributed by atoms with Crippen molar-refractivity contribution in [3.63, 3.8) is 0 Å². The molecule has 0 aliphatic carbocycles. The van der Waals surface area contributed by atoms with E-state index in [2.05, 4.69) is 17.2 Å². The molecule has 0 aromatic heterocycles. The first-order valence-corrected chi connectivity index (χ1v) is 7.29. The van der Waals surface area contributed by atoms with Crippen LogP contribution in [0.5, 0.6) is 0 Å². The molecule has 0 radical (unpaired) electrons. The molecular formula is C17H21NO3. The Balaban J connectivity index is 2.06. The second-order valence-corrected chi connectivity index (χ2v) is 5.18. The van der Waals surface area contributed by atoms with Crippen molar-refractivity contribution in [2.24, 2.45) is 5.92 Å². The van der Waals surface area contributed by atoms with E-state index in [4.69, 9.17) is 9.84 Å². The van der Waals surface area contributed by atoms with Crippen LogP contribution in [-0.4, -0.2) is 30.8 Å². The van der Waals surface area contributed by atoms with Crippen molar-refractivity contribution in [1.29, 1.82) is 0 Å². The summed E-state index contributed by atoms with van der Waals surface area (Å²) in [6.07, 6.45) is 2.01. The smallest absolute Gasteiger partial charge is 0.227 e. The maximum Gasteiger partial charge on any atom is 0.227 e. The van der Waals surface area contributed by atoms with E-state index in [-0.39, 0.29) is 18.4 Å². The summed E-state index contributed by atoms with van der Waals surface area (Å²) >= 11 is 0. The van der Waals surface area contributed by atoms with Crippen LogP contribution in [0.25, 0.3) is 0 Å². The molecule has 2 N–H and O–H groups in total. The van der Waals surface area contributed by atoms with Crippen molar-refractivity contribution < 1.29 is 14.6 Å². The first kappa shape index (κ1) is 15.6. The van der Waals surface area contributed by atoms with E-state index < -0.39 is 0 Å². The maximum absolute atomic E-state index is 12.3. The van der Waals surface area contributed by atoms with Gasteiger partial charge in [0.15, 0.2) is 0 Å². The molecule has 112 valence electrons. The van der Waals surface area contributed by atoms with Crippen LogP contribution in [0.1, 0.15) is 30.4 Å². The first-order chi connectivity index (χ1) is 10.2. The lowest BCUT2D eigenvalue weighted by molar-refractivity contribution is -0.122. The number of rotatable bonds is 3. The Kier molecular flexibility index (Phi) is 5.79. The van der Waals surface area contributed by atoms with E-state index >= 15 is 0 Å². The summed E-state index contributed by atoms with van der Waals surface area (Å²) in [6.45, 7) is 3.34. The summed E-state index contributed by atoms with van der Waals surface area (Å²) in [4.78, 5) is 12.3. The highest BCUT2D eigenvalue weighted by Crippen LogP contribution is 2.21. The van der Waals surface area contributed by atoms with E-state index in [0.717, 1.165) is 29.7 Å². The number of ether oxygens (including phenoxy) is 1. The number of nitrogens with one attached hydrogen (secondary N) is 1. The third kappa shape index (κ3) is 4.59. The van der Waals surface area contributed by atoms with Gasteiger partial charge in [0.2, 0.25) is 5.91 Å². The highest BCUT2D eigenvalue weighted by Gasteiger charge is 2.21.